The fraction of sp³-hybridized carbons (Fsp3) is 0.647. The molecule has 112 valence electrons. The second kappa shape index (κ2) is 7.65. The summed E-state index contributed by atoms with van der Waals surface area (Å²) in [6.45, 7) is 7.37. The van der Waals surface area contributed by atoms with Crippen LogP contribution in [0.3, 0.4) is 0 Å². The van der Waals surface area contributed by atoms with Crippen molar-refractivity contribution in [2.75, 3.05) is 24.6 Å². The topological polar surface area (TPSA) is 35.5 Å². The Morgan fingerprint density at radius 1 is 1.35 bits per heavy atom. The molecule has 0 unspecified atom stereocenters. The molecule has 1 saturated carbocycles. The number of nitrogens with one attached hydrogen (secondary N) is 1. The van der Waals surface area contributed by atoms with Gasteiger partial charge < -0.3 is 15.3 Å². The van der Waals surface area contributed by atoms with Crippen LogP contribution in [0.4, 0.5) is 5.69 Å². The smallest absolute Gasteiger partial charge is 0.0606 e. The zero-order valence-corrected chi connectivity index (χ0v) is 12.9. The van der Waals surface area contributed by atoms with Crippen LogP contribution in [0.1, 0.15) is 43.7 Å². The molecule has 1 aromatic carbocycles. The first-order chi connectivity index (χ1) is 9.76. The summed E-state index contributed by atoms with van der Waals surface area (Å²) in [5, 5.41) is 12.7. The van der Waals surface area contributed by atoms with E-state index in [0.717, 1.165) is 19.6 Å². The number of anilines is 1. The minimum Gasteiger partial charge on any atom is -0.395 e. The van der Waals surface area contributed by atoms with Gasteiger partial charge in [-0.3, -0.25) is 0 Å². The zero-order chi connectivity index (χ0) is 14.4. The van der Waals surface area contributed by atoms with Crippen LogP contribution < -0.4 is 10.2 Å². The molecular formula is C17H28N2O. The molecule has 1 aliphatic carbocycles. The van der Waals surface area contributed by atoms with Gasteiger partial charge in [0, 0.05) is 24.8 Å². The lowest BCUT2D eigenvalue weighted by Crippen LogP contribution is -2.42. The molecule has 2 rings (SSSR count). The fourth-order valence-corrected chi connectivity index (χ4v) is 2.79. The number of nitrogens with zero attached hydrogens (tertiary/aromatic N) is 1. The van der Waals surface area contributed by atoms with Gasteiger partial charge >= 0.3 is 0 Å². The van der Waals surface area contributed by atoms with Gasteiger partial charge in [-0.05, 0) is 62.4 Å². The van der Waals surface area contributed by atoms with Crippen LogP contribution in [0.5, 0.6) is 0 Å². The second-order valence-corrected chi connectivity index (χ2v) is 5.79. The molecule has 0 aliphatic heterocycles. The van der Waals surface area contributed by atoms with E-state index in [-0.39, 0.29) is 6.61 Å². The van der Waals surface area contributed by atoms with Crippen molar-refractivity contribution in [1.82, 2.24) is 5.32 Å². The quantitative estimate of drug-likeness (QED) is 0.717. The molecule has 0 atom stereocenters. The Hall–Kier alpha value is -1.06. The lowest BCUT2D eigenvalue weighted by molar-refractivity contribution is 0.283. The zero-order valence-electron chi connectivity index (χ0n) is 12.9. The molecule has 0 spiro atoms. The first kappa shape index (κ1) is 15.3. The first-order valence-corrected chi connectivity index (χ1v) is 7.94. The summed E-state index contributed by atoms with van der Waals surface area (Å²) in [4.78, 5) is 2.37. The SMILES string of the molecule is CCCNCc1ccc(N(CCO)C2CCC2)cc1C. The van der Waals surface area contributed by atoms with Crippen molar-refractivity contribution in [3.63, 3.8) is 0 Å². The summed E-state index contributed by atoms with van der Waals surface area (Å²) in [6, 6.07) is 7.35. The minimum absolute atomic E-state index is 0.232. The predicted molar refractivity (Wildman–Crippen MR) is 85.2 cm³/mol. The van der Waals surface area contributed by atoms with Crippen LogP contribution in [-0.4, -0.2) is 30.8 Å². The van der Waals surface area contributed by atoms with E-state index in [9.17, 15) is 5.11 Å². The summed E-state index contributed by atoms with van der Waals surface area (Å²) in [7, 11) is 0. The number of benzene rings is 1. The Labute approximate surface area is 123 Å². The van der Waals surface area contributed by atoms with Crippen LogP contribution >= 0.6 is 0 Å². The van der Waals surface area contributed by atoms with E-state index in [2.05, 4.69) is 42.3 Å². The van der Waals surface area contributed by atoms with Gasteiger partial charge in [0.2, 0.25) is 0 Å². The summed E-state index contributed by atoms with van der Waals surface area (Å²) in [5.74, 6) is 0. The highest BCUT2D eigenvalue weighted by molar-refractivity contribution is 5.52. The molecule has 0 aromatic heterocycles. The van der Waals surface area contributed by atoms with Crippen molar-refractivity contribution in [1.29, 1.82) is 0 Å². The minimum atomic E-state index is 0.232. The summed E-state index contributed by atoms with van der Waals surface area (Å²) in [6.07, 6.45) is 5.02. The van der Waals surface area contributed by atoms with E-state index in [1.807, 2.05) is 0 Å². The molecule has 0 saturated heterocycles. The number of aliphatic hydroxyl groups is 1. The van der Waals surface area contributed by atoms with E-state index in [1.54, 1.807) is 0 Å². The molecule has 3 heteroatoms. The molecule has 0 amide bonds. The first-order valence-electron chi connectivity index (χ1n) is 7.94. The highest BCUT2D eigenvalue weighted by atomic mass is 16.3. The van der Waals surface area contributed by atoms with Crippen LogP contribution in [-0.2, 0) is 6.54 Å². The average molecular weight is 276 g/mol. The molecule has 1 aromatic rings. The third kappa shape index (κ3) is 3.74. The Morgan fingerprint density at radius 2 is 2.15 bits per heavy atom. The molecule has 0 bridgehead atoms. The molecule has 3 nitrogen and oxygen atoms in total. The van der Waals surface area contributed by atoms with Crippen LogP contribution in [0.25, 0.3) is 0 Å². The molecule has 0 radical (unpaired) electrons. The Balaban J connectivity index is 2.05. The van der Waals surface area contributed by atoms with Gasteiger partial charge in [0.05, 0.1) is 6.61 Å². The maximum absolute atomic E-state index is 9.28. The van der Waals surface area contributed by atoms with Crippen molar-refractivity contribution in [2.24, 2.45) is 0 Å². The number of hydrogen-bond donors (Lipinski definition) is 2. The maximum atomic E-state index is 9.28. The highest BCUT2D eigenvalue weighted by Gasteiger charge is 2.24. The van der Waals surface area contributed by atoms with Gasteiger partial charge in [0.15, 0.2) is 0 Å². The average Bonchev–Trinajstić information content (AvgIpc) is 2.38. The largest absolute Gasteiger partial charge is 0.395 e. The van der Waals surface area contributed by atoms with Crippen molar-refractivity contribution >= 4 is 5.69 Å². The number of aliphatic hydroxyl groups excluding tert-OH is 1. The van der Waals surface area contributed by atoms with E-state index in [4.69, 9.17) is 0 Å². The summed E-state index contributed by atoms with van der Waals surface area (Å²) in [5.41, 5.74) is 3.98. The highest BCUT2D eigenvalue weighted by Crippen LogP contribution is 2.30. The Bertz CT molecular complexity index is 415. The van der Waals surface area contributed by atoms with Gasteiger partial charge in [0.1, 0.15) is 0 Å². The molecule has 0 heterocycles. The third-order valence-electron chi connectivity index (χ3n) is 4.26. The second-order valence-electron chi connectivity index (χ2n) is 5.79. The Morgan fingerprint density at radius 3 is 2.70 bits per heavy atom. The van der Waals surface area contributed by atoms with Crippen molar-refractivity contribution in [3.05, 3.63) is 29.3 Å². The van der Waals surface area contributed by atoms with Crippen LogP contribution in [0.2, 0.25) is 0 Å². The standard InChI is InChI=1S/C17H28N2O/c1-3-9-18-13-15-7-8-17(12-14(15)2)19(10-11-20)16-5-4-6-16/h7-8,12,16,18,20H,3-6,9-11,13H2,1-2H3. The number of hydrogen-bond acceptors (Lipinski definition) is 3. The molecular weight excluding hydrogens is 248 g/mol. The van der Waals surface area contributed by atoms with Crippen LogP contribution in [0.15, 0.2) is 18.2 Å². The fourth-order valence-electron chi connectivity index (χ4n) is 2.79. The van der Waals surface area contributed by atoms with Gasteiger partial charge in [0.25, 0.3) is 0 Å². The maximum Gasteiger partial charge on any atom is 0.0606 e. The monoisotopic (exact) mass is 276 g/mol. The molecule has 20 heavy (non-hydrogen) atoms. The normalized spacial score (nSPS) is 15.2. The summed E-state index contributed by atoms with van der Waals surface area (Å²) < 4.78 is 0. The van der Waals surface area contributed by atoms with E-state index in [0.29, 0.717) is 6.04 Å². The predicted octanol–water partition coefficient (Wildman–Crippen LogP) is 2.85. The third-order valence-corrected chi connectivity index (χ3v) is 4.26. The lowest BCUT2D eigenvalue weighted by atomic mass is 9.90. The Kier molecular flexibility index (Phi) is 5.86. The van der Waals surface area contributed by atoms with Gasteiger partial charge in [-0.1, -0.05) is 13.0 Å². The van der Waals surface area contributed by atoms with E-state index < -0.39 is 0 Å². The molecule has 2 N–H and O–H groups in total. The van der Waals surface area contributed by atoms with Gasteiger partial charge in [-0.15, -0.1) is 0 Å². The van der Waals surface area contributed by atoms with Crippen molar-refractivity contribution < 1.29 is 5.11 Å². The van der Waals surface area contributed by atoms with Gasteiger partial charge in [-0.2, -0.15) is 0 Å². The van der Waals surface area contributed by atoms with Crippen LogP contribution in [0, 0.1) is 6.92 Å². The van der Waals surface area contributed by atoms with Gasteiger partial charge in [-0.25, -0.2) is 0 Å². The van der Waals surface area contributed by atoms with E-state index in [1.165, 1.54) is 42.5 Å². The summed E-state index contributed by atoms with van der Waals surface area (Å²) >= 11 is 0. The molecule has 1 aliphatic rings. The van der Waals surface area contributed by atoms with Crippen molar-refractivity contribution in [3.8, 4) is 0 Å². The van der Waals surface area contributed by atoms with E-state index >= 15 is 0 Å². The lowest BCUT2D eigenvalue weighted by Gasteiger charge is -2.39. The number of aryl methyl sites for hydroxylation is 1. The molecule has 1 fully saturated rings. The van der Waals surface area contributed by atoms with Crippen molar-refractivity contribution in [2.45, 2.75) is 52.1 Å². The number of rotatable bonds is 8.